The highest BCUT2D eigenvalue weighted by atomic mass is 32.2. The first kappa shape index (κ1) is 49.6. The molecule has 69 heavy (non-hydrogen) atoms. The molecule has 2 aliphatic heterocycles. The van der Waals surface area contributed by atoms with Crippen LogP contribution in [0.2, 0.25) is 0 Å². The second-order valence-corrected chi connectivity index (χ2v) is 22.0. The van der Waals surface area contributed by atoms with Gasteiger partial charge in [0.25, 0.3) is 21.8 Å². The average molecular weight is 969 g/mol. The molecular formula is C51H65FN8O8S. The van der Waals surface area contributed by atoms with Gasteiger partial charge in [-0.2, -0.15) is 4.98 Å². The predicted molar refractivity (Wildman–Crippen MR) is 264 cm³/mol. The molecule has 3 atom stereocenters. The van der Waals surface area contributed by atoms with E-state index in [1.165, 1.54) is 42.5 Å². The molecule has 0 bridgehead atoms. The second kappa shape index (κ2) is 19.9. The largest absolute Gasteiger partial charge is 0.475 e. The van der Waals surface area contributed by atoms with E-state index in [1.807, 2.05) is 11.6 Å². The third kappa shape index (κ3) is 10.8. The number of unbranched alkanes of at least 4 members (excludes halogenated alkanes) is 1. The number of ether oxygens (including phenoxy) is 2. The van der Waals surface area contributed by atoms with Crippen molar-refractivity contribution in [3.05, 3.63) is 99.6 Å². The number of carbonyl (C=O) groups is 1. The van der Waals surface area contributed by atoms with Crippen molar-refractivity contribution in [2.24, 2.45) is 5.41 Å². The third-order valence-corrected chi connectivity index (χ3v) is 15.7. The Morgan fingerprint density at radius 2 is 1.80 bits per heavy atom. The van der Waals surface area contributed by atoms with Crippen LogP contribution in [-0.4, -0.2) is 95.2 Å². The average Bonchev–Trinajstić information content (AvgIpc) is 3.94. The van der Waals surface area contributed by atoms with E-state index in [4.69, 9.17) is 9.47 Å². The Kier molecular flexibility index (Phi) is 14.3. The van der Waals surface area contributed by atoms with Gasteiger partial charge in [0, 0.05) is 68.8 Å². The van der Waals surface area contributed by atoms with Gasteiger partial charge in [-0.1, -0.05) is 58.4 Å². The molecule has 0 radical (unpaired) electrons. The molecule has 18 heteroatoms. The number of nitrogens with one attached hydrogen (secondary N) is 3. The van der Waals surface area contributed by atoms with Crippen LogP contribution in [0.15, 0.2) is 71.9 Å². The molecule has 370 valence electrons. The second-order valence-electron chi connectivity index (χ2n) is 20.3. The van der Waals surface area contributed by atoms with E-state index in [9.17, 15) is 32.8 Å². The Hall–Kier alpha value is -5.85. The van der Waals surface area contributed by atoms with E-state index in [0.717, 1.165) is 63.2 Å². The lowest BCUT2D eigenvalue weighted by Crippen LogP contribution is -2.63. The smallest absolute Gasteiger partial charge is 0.312 e. The maximum absolute atomic E-state index is 14.9. The Balaban J connectivity index is 1.00. The number of nitrogens with zero attached hydrogens (tertiary/aromatic N) is 5. The number of amides is 1. The quantitative estimate of drug-likeness (QED) is 0.0367. The van der Waals surface area contributed by atoms with Crippen molar-refractivity contribution < 1.29 is 37.1 Å². The van der Waals surface area contributed by atoms with Crippen molar-refractivity contribution in [2.45, 2.75) is 127 Å². The van der Waals surface area contributed by atoms with E-state index in [2.05, 4.69) is 75.1 Å². The van der Waals surface area contributed by atoms with Crippen molar-refractivity contribution in [1.82, 2.24) is 24.6 Å². The van der Waals surface area contributed by atoms with Gasteiger partial charge in [0.1, 0.15) is 22.1 Å². The first-order chi connectivity index (χ1) is 32.8. The van der Waals surface area contributed by atoms with Crippen LogP contribution in [-0.2, 0) is 15.4 Å². The van der Waals surface area contributed by atoms with E-state index in [1.54, 1.807) is 26.0 Å². The highest BCUT2D eigenvalue weighted by Gasteiger charge is 2.49. The van der Waals surface area contributed by atoms with Crippen LogP contribution in [0, 0.1) is 21.3 Å². The number of aliphatic hydroxyl groups is 1. The molecule has 2 aromatic carbocycles. The summed E-state index contributed by atoms with van der Waals surface area (Å²) in [7, 11) is -4.72. The van der Waals surface area contributed by atoms with Crippen molar-refractivity contribution in [3.63, 3.8) is 0 Å². The maximum Gasteiger partial charge on any atom is 0.312 e. The number of nitro groups is 1. The zero-order chi connectivity index (χ0) is 49.3. The summed E-state index contributed by atoms with van der Waals surface area (Å²) in [6, 6.07) is 16.6. The first-order valence-corrected chi connectivity index (χ1v) is 25.7. The summed E-state index contributed by atoms with van der Waals surface area (Å²) in [5.74, 6) is -1.29. The molecule has 5 aromatic rings. The molecule has 2 saturated heterocycles. The lowest BCUT2D eigenvalue weighted by atomic mass is 9.70. The number of carbonyl (C=O) groups excluding carboxylic acids is 1. The van der Waals surface area contributed by atoms with E-state index in [0.29, 0.717) is 44.2 Å². The van der Waals surface area contributed by atoms with E-state index in [-0.39, 0.29) is 57.2 Å². The Morgan fingerprint density at radius 3 is 2.51 bits per heavy atom. The first-order valence-electron chi connectivity index (χ1n) is 24.2. The number of sulfonamides is 1. The van der Waals surface area contributed by atoms with Gasteiger partial charge in [-0.3, -0.25) is 19.8 Å². The summed E-state index contributed by atoms with van der Waals surface area (Å²) in [6.07, 6.45) is 10.0. The van der Waals surface area contributed by atoms with E-state index >= 15 is 0 Å². The molecule has 8 rings (SSSR count). The van der Waals surface area contributed by atoms with Gasteiger partial charge in [-0.25, -0.2) is 22.5 Å². The number of likely N-dealkylation sites (tertiary alicyclic amines) is 1. The van der Waals surface area contributed by atoms with Crippen LogP contribution in [0.5, 0.6) is 17.4 Å². The fourth-order valence-corrected chi connectivity index (χ4v) is 11.3. The normalized spacial score (nSPS) is 19.3. The SMILES string of the molecule is CCOc1nc2[nH]cc(F)c2cc1Oc1cc(N2CCC3(CC2)CN([C@@H]2CCC[C@@H]2c2ccccc2C(C)(C)C)C3)ccc1C(=O)NS(=O)(=O)c1cnc(NCCCC[C@](C)(O)CC)c([N+](=O)[O-])c1. The van der Waals surface area contributed by atoms with Crippen molar-refractivity contribution in [3.8, 4) is 17.4 Å². The molecule has 5 heterocycles. The summed E-state index contributed by atoms with van der Waals surface area (Å²) in [5, 5.41) is 25.4. The molecule has 4 N–H and O–H groups in total. The molecule has 3 fully saturated rings. The van der Waals surface area contributed by atoms with Crippen molar-refractivity contribution in [1.29, 1.82) is 0 Å². The highest BCUT2D eigenvalue weighted by Crippen LogP contribution is 2.49. The lowest BCUT2D eigenvalue weighted by molar-refractivity contribution is -0.384. The van der Waals surface area contributed by atoms with Crippen molar-refractivity contribution in [2.75, 3.05) is 49.5 Å². The summed E-state index contributed by atoms with van der Waals surface area (Å²) >= 11 is 0. The van der Waals surface area contributed by atoms with Crippen LogP contribution in [0.1, 0.15) is 127 Å². The molecule has 1 spiro atoms. The number of rotatable bonds is 18. The molecule has 3 aliphatic rings. The topological polar surface area (TPSA) is 205 Å². The number of benzene rings is 2. The van der Waals surface area contributed by atoms with Gasteiger partial charge in [0.15, 0.2) is 5.75 Å². The molecule has 3 aromatic heterocycles. The molecular weight excluding hydrogens is 904 g/mol. The Morgan fingerprint density at radius 1 is 1.04 bits per heavy atom. The third-order valence-electron chi connectivity index (χ3n) is 14.4. The molecule has 1 saturated carbocycles. The van der Waals surface area contributed by atoms with E-state index < -0.39 is 42.9 Å². The van der Waals surface area contributed by atoms with Crippen LogP contribution >= 0.6 is 0 Å². The van der Waals surface area contributed by atoms with Gasteiger partial charge in [-0.15, -0.1) is 0 Å². The zero-order valence-corrected chi connectivity index (χ0v) is 41.3. The van der Waals surface area contributed by atoms with Crippen LogP contribution < -0.4 is 24.4 Å². The number of pyridine rings is 2. The number of halogens is 1. The summed E-state index contributed by atoms with van der Waals surface area (Å²) in [4.78, 5) is 41.0. The number of hydrogen-bond acceptors (Lipinski definition) is 13. The maximum atomic E-state index is 14.9. The number of fused-ring (bicyclic) bond motifs is 1. The minimum absolute atomic E-state index is 0.00180. The fourth-order valence-electron chi connectivity index (χ4n) is 10.3. The number of H-pyrrole nitrogens is 1. The fraction of sp³-hybridized carbons (Fsp3) is 0.510. The van der Waals surface area contributed by atoms with Gasteiger partial charge in [0.05, 0.1) is 34.3 Å². The standard InChI is InChI=1S/C51H65FN8O8S/c1-7-50(6,62)20-11-12-23-53-46-42(60(63)64)27-34(29-54-46)69(65,66)57-47(61)37-19-18-33(26-43(37)68-44-28-38-40(52)30-55-45(38)56-48(44)67-8-2)58-24-21-51(22-25-58)31-59(32-51)41-17-13-15-36(41)35-14-9-10-16-39(35)49(3,4)5/h9-10,14,16,18-19,26-30,36,41,62H,7-8,11-13,15,17,20-25,31-32H2,1-6H3,(H,53,54)(H,55,56)(H,57,61)/t36-,41-,50-/m1/s1. The van der Waals surface area contributed by atoms with Gasteiger partial charge in [0.2, 0.25) is 5.82 Å². The zero-order valence-electron chi connectivity index (χ0n) is 40.4. The summed E-state index contributed by atoms with van der Waals surface area (Å²) in [5.41, 5.74) is 2.58. The summed E-state index contributed by atoms with van der Waals surface area (Å²) in [6.45, 7) is 16.4. The van der Waals surface area contributed by atoms with Crippen LogP contribution in [0.25, 0.3) is 11.0 Å². The monoisotopic (exact) mass is 968 g/mol. The number of aromatic nitrogens is 3. The number of anilines is 2. The highest BCUT2D eigenvalue weighted by molar-refractivity contribution is 7.90. The minimum atomic E-state index is -4.72. The number of hydrogen-bond donors (Lipinski definition) is 4. The Labute approximate surface area is 403 Å². The minimum Gasteiger partial charge on any atom is -0.475 e. The van der Waals surface area contributed by atoms with Crippen molar-refractivity contribution >= 4 is 44.2 Å². The van der Waals surface area contributed by atoms with Crippen LogP contribution in [0.3, 0.4) is 0 Å². The van der Waals surface area contributed by atoms with Gasteiger partial charge >= 0.3 is 5.69 Å². The molecule has 16 nitrogen and oxygen atoms in total. The predicted octanol–water partition coefficient (Wildman–Crippen LogP) is 9.59. The lowest BCUT2D eigenvalue weighted by Gasteiger charge is -2.57. The number of piperidine rings is 1. The van der Waals surface area contributed by atoms with Gasteiger partial charge in [-0.05, 0) is 105 Å². The number of aromatic amines is 1. The molecule has 1 amide bonds. The Bertz CT molecular complexity index is 2800. The summed E-state index contributed by atoms with van der Waals surface area (Å²) < 4.78 is 56.7. The molecule has 0 unspecified atom stereocenters. The van der Waals surface area contributed by atoms with Gasteiger partial charge < -0.3 is 29.8 Å². The molecule has 1 aliphatic carbocycles. The van der Waals surface area contributed by atoms with Crippen LogP contribution in [0.4, 0.5) is 21.6 Å².